The molecule has 1 saturated heterocycles. The molecule has 0 spiro atoms. The summed E-state index contributed by atoms with van der Waals surface area (Å²) >= 11 is 1.61. The Hall–Kier alpha value is 0.818. The van der Waals surface area contributed by atoms with Gasteiger partial charge in [0.05, 0.1) is 6.61 Å². The minimum absolute atomic E-state index is 0.458. The zero-order valence-electron chi connectivity index (χ0n) is 9.21. The summed E-state index contributed by atoms with van der Waals surface area (Å²) in [4.78, 5) is 5.28. The molecule has 0 amide bonds. The van der Waals surface area contributed by atoms with Crippen LogP contribution in [0, 0.1) is 6.92 Å². The van der Waals surface area contributed by atoms with E-state index in [0.717, 1.165) is 39.2 Å². The first-order valence-electron chi connectivity index (χ1n) is 4.99. The van der Waals surface area contributed by atoms with Gasteiger partial charge in [0.2, 0.25) is 0 Å². The fourth-order valence-corrected chi connectivity index (χ4v) is 0.956. The second kappa shape index (κ2) is 17.2. The molecule has 97 valence electrons. The first-order valence-corrected chi connectivity index (χ1v) is 7.81. The summed E-state index contributed by atoms with van der Waals surface area (Å²) in [5, 5.41) is 5.26. The Morgan fingerprint density at radius 1 is 1.47 bits per heavy atom. The number of piperazine rings is 1. The van der Waals surface area contributed by atoms with Crippen molar-refractivity contribution in [3.8, 4) is 0 Å². The second-order valence-corrected chi connectivity index (χ2v) is 2.70. The van der Waals surface area contributed by atoms with E-state index in [9.17, 15) is 0 Å². The number of halogens is 1. The van der Waals surface area contributed by atoms with Crippen molar-refractivity contribution in [2.75, 3.05) is 39.3 Å². The summed E-state index contributed by atoms with van der Waals surface area (Å²) in [5.74, 6) is 0. The molecular formula is C9H21ClN3OPt-2. The van der Waals surface area contributed by atoms with Gasteiger partial charge in [-0.1, -0.05) is 0 Å². The zero-order chi connectivity index (χ0) is 11.9. The van der Waals surface area contributed by atoms with Crippen LogP contribution < -0.4 is 5.32 Å². The van der Waals surface area contributed by atoms with Gasteiger partial charge in [-0.05, 0) is 6.92 Å². The molecular weight excluding hydrogens is 397 g/mol. The summed E-state index contributed by atoms with van der Waals surface area (Å²) < 4.78 is 0. The van der Waals surface area contributed by atoms with Crippen molar-refractivity contribution in [3.05, 3.63) is 12.7 Å². The summed E-state index contributed by atoms with van der Waals surface area (Å²) in [7, 11) is 4.61. The maximum atomic E-state index is 6.39. The second-order valence-electron chi connectivity index (χ2n) is 2.70. The third kappa shape index (κ3) is 14.8. The number of hydrogen-bond donors (Lipinski definition) is 1. The average Bonchev–Trinajstić information content (AvgIpc) is 2.34. The van der Waals surface area contributed by atoms with E-state index in [1.54, 1.807) is 18.8 Å². The first kappa shape index (κ1) is 18.2. The van der Waals surface area contributed by atoms with Crippen LogP contribution in [0.15, 0.2) is 0 Å². The molecule has 15 heavy (non-hydrogen) atoms. The van der Waals surface area contributed by atoms with Crippen LogP contribution in [0.25, 0.3) is 5.73 Å². The predicted octanol–water partition coefficient (Wildman–Crippen LogP) is 1.79. The topological polar surface area (TPSA) is 48.3 Å². The van der Waals surface area contributed by atoms with E-state index in [2.05, 4.69) is 21.7 Å². The fourth-order valence-electron chi connectivity index (χ4n) is 0.956. The number of hydroxylamine groups is 2. The standard InChI is InChI=1S/C6H14N2O.C3H7N.ClH.Pt/c1-2-9-8-5-3-7-4-6-8;1-2-3-4;;/h7H,2-6H2,1H3;4H,1-3H2;1H;/q;-2;;+1/p-1. The molecule has 0 aromatic heterocycles. The number of hydrogen-bond acceptors (Lipinski definition) is 3. The number of nitrogens with zero attached hydrogens (tertiary/aromatic N) is 1. The summed E-state index contributed by atoms with van der Waals surface area (Å²) in [5.41, 5.74) is 6.39. The molecule has 4 nitrogen and oxygen atoms in total. The third-order valence-electron chi connectivity index (χ3n) is 1.56. The van der Waals surface area contributed by atoms with E-state index in [1.807, 2.05) is 12.0 Å². The van der Waals surface area contributed by atoms with Crippen molar-refractivity contribution >= 4 is 9.42 Å². The molecule has 0 saturated carbocycles. The molecule has 0 aromatic carbocycles. The average molecular weight is 418 g/mol. The SMILES string of the molecule is CCON1CCNCC1.[CH2-]CC[NH-].[Cl][Pt]. The van der Waals surface area contributed by atoms with Gasteiger partial charge in [0, 0.05) is 26.2 Å². The van der Waals surface area contributed by atoms with Gasteiger partial charge in [-0.25, -0.2) is 6.42 Å². The third-order valence-corrected chi connectivity index (χ3v) is 1.56. The van der Waals surface area contributed by atoms with E-state index in [1.165, 1.54) is 0 Å². The van der Waals surface area contributed by atoms with E-state index in [-0.39, 0.29) is 0 Å². The van der Waals surface area contributed by atoms with Crippen LogP contribution in [0.1, 0.15) is 13.3 Å². The van der Waals surface area contributed by atoms with Crippen LogP contribution in [-0.2, 0) is 23.6 Å². The molecule has 0 aliphatic carbocycles. The number of rotatable bonds is 3. The van der Waals surface area contributed by atoms with E-state index in [4.69, 9.17) is 10.6 Å². The molecule has 0 radical (unpaired) electrons. The molecule has 1 heterocycles. The zero-order valence-corrected chi connectivity index (χ0v) is 12.2. The van der Waals surface area contributed by atoms with Crippen molar-refractivity contribution in [3.63, 3.8) is 0 Å². The van der Waals surface area contributed by atoms with E-state index < -0.39 is 0 Å². The molecule has 6 heteroatoms. The molecule has 0 bridgehead atoms. The van der Waals surface area contributed by atoms with Crippen LogP contribution >= 0.6 is 9.42 Å². The monoisotopic (exact) mass is 417 g/mol. The first-order chi connectivity index (χ1) is 7.35. The maximum absolute atomic E-state index is 6.39. The van der Waals surface area contributed by atoms with Crippen molar-refractivity contribution in [2.45, 2.75) is 13.3 Å². The van der Waals surface area contributed by atoms with Gasteiger partial charge in [-0.15, -0.1) is 0 Å². The molecule has 0 aromatic rings. The van der Waals surface area contributed by atoms with Crippen molar-refractivity contribution in [1.82, 2.24) is 10.4 Å². The van der Waals surface area contributed by atoms with Crippen LogP contribution in [0.5, 0.6) is 0 Å². The van der Waals surface area contributed by atoms with Crippen LogP contribution in [0.2, 0.25) is 0 Å². The van der Waals surface area contributed by atoms with Crippen molar-refractivity contribution in [1.29, 1.82) is 0 Å². The Kier molecular flexibility index (Phi) is 20.9. The normalized spacial score (nSPS) is 15.9. The fraction of sp³-hybridized carbons (Fsp3) is 0.889. The molecule has 0 unspecified atom stereocenters. The van der Waals surface area contributed by atoms with E-state index in [0.29, 0.717) is 6.54 Å². The van der Waals surface area contributed by atoms with Gasteiger partial charge in [0.1, 0.15) is 0 Å². The Labute approximate surface area is 109 Å². The minimum atomic E-state index is 0.458. The van der Waals surface area contributed by atoms with Crippen LogP contribution in [-0.4, -0.2) is 44.4 Å². The molecule has 1 aliphatic rings. The molecule has 0 atom stereocenters. The van der Waals surface area contributed by atoms with Crippen LogP contribution in [0.3, 0.4) is 0 Å². The number of nitrogens with one attached hydrogen (secondary N) is 2. The Morgan fingerprint density at radius 3 is 2.27 bits per heavy atom. The van der Waals surface area contributed by atoms with Gasteiger partial charge in [0.25, 0.3) is 0 Å². The van der Waals surface area contributed by atoms with Gasteiger partial charge in [-0.3, -0.25) is 4.84 Å². The van der Waals surface area contributed by atoms with Gasteiger partial charge in [-0.2, -0.15) is 11.6 Å². The quantitative estimate of drug-likeness (QED) is 0.712. The Balaban J connectivity index is 0. The van der Waals surface area contributed by atoms with Crippen LogP contribution in [0.4, 0.5) is 0 Å². The summed E-state index contributed by atoms with van der Waals surface area (Å²) in [6.45, 7) is 10.8. The predicted molar refractivity (Wildman–Crippen MR) is 61.1 cm³/mol. The molecule has 2 N–H and O–H groups in total. The van der Waals surface area contributed by atoms with Gasteiger partial charge >= 0.3 is 28.2 Å². The summed E-state index contributed by atoms with van der Waals surface area (Å²) in [6.07, 6.45) is 0.736. The van der Waals surface area contributed by atoms with Crippen molar-refractivity contribution in [2.24, 2.45) is 0 Å². The van der Waals surface area contributed by atoms with Crippen molar-refractivity contribution < 1.29 is 23.6 Å². The van der Waals surface area contributed by atoms with E-state index >= 15 is 0 Å². The Bertz CT molecular complexity index is 101. The molecule has 1 aliphatic heterocycles. The van der Waals surface area contributed by atoms with Gasteiger partial charge in [0.15, 0.2) is 0 Å². The summed E-state index contributed by atoms with van der Waals surface area (Å²) in [6, 6.07) is 0. The van der Waals surface area contributed by atoms with Gasteiger partial charge < -0.3 is 18.0 Å². The molecule has 1 fully saturated rings. The molecule has 1 rings (SSSR count). The Morgan fingerprint density at radius 2 is 1.93 bits per heavy atom.